The number of aryl methyl sites for hydroxylation is 1. The first-order valence-corrected chi connectivity index (χ1v) is 9.43. The Morgan fingerprint density at radius 2 is 1.92 bits per heavy atom. The van der Waals surface area contributed by atoms with Gasteiger partial charge in [0.2, 0.25) is 11.8 Å². The molecule has 25 heavy (non-hydrogen) atoms. The van der Waals surface area contributed by atoms with Crippen LogP contribution in [0.4, 0.5) is 5.00 Å². The van der Waals surface area contributed by atoms with Crippen LogP contribution >= 0.6 is 11.3 Å². The minimum Gasteiger partial charge on any atom is -0.350 e. The van der Waals surface area contributed by atoms with E-state index in [1.54, 1.807) is 4.90 Å². The van der Waals surface area contributed by atoms with Gasteiger partial charge in [0.05, 0.1) is 18.7 Å². The number of hydrogen-bond acceptors (Lipinski definition) is 5. The molecule has 0 unspecified atom stereocenters. The summed E-state index contributed by atoms with van der Waals surface area (Å²) in [4.78, 5) is 27.4. The Balaban J connectivity index is 1.95. The van der Waals surface area contributed by atoms with E-state index in [1.807, 2.05) is 27.7 Å². The Kier molecular flexibility index (Phi) is 6.20. The number of carbonyl (C=O) groups excluding carboxylic acids is 2. The van der Waals surface area contributed by atoms with Crippen LogP contribution < -0.4 is 10.6 Å². The lowest BCUT2D eigenvalue weighted by Crippen LogP contribution is -2.47. The zero-order valence-electron chi connectivity index (χ0n) is 15.4. The molecule has 1 heterocycles. The maximum Gasteiger partial charge on any atom is 0.239 e. The predicted octanol–water partition coefficient (Wildman–Crippen LogP) is 2.28. The Bertz CT molecular complexity index is 697. The molecule has 2 amide bonds. The van der Waals surface area contributed by atoms with E-state index in [4.69, 9.17) is 0 Å². The van der Waals surface area contributed by atoms with Crippen LogP contribution in [0.15, 0.2) is 0 Å². The third-order valence-electron chi connectivity index (χ3n) is 3.98. The van der Waals surface area contributed by atoms with Crippen molar-refractivity contribution in [3.05, 3.63) is 16.0 Å². The smallest absolute Gasteiger partial charge is 0.239 e. The normalized spacial score (nSPS) is 13.4. The third-order valence-corrected chi connectivity index (χ3v) is 5.19. The van der Waals surface area contributed by atoms with E-state index in [0.717, 1.165) is 24.8 Å². The highest BCUT2D eigenvalue weighted by molar-refractivity contribution is 7.16. The first-order chi connectivity index (χ1) is 11.7. The van der Waals surface area contributed by atoms with Crippen LogP contribution in [0.25, 0.3) is 0 Å². The van der Waals surface area contributed by atoms with Gasteiger partial charge in [-0.05, 0) is 52.1 Å². The molecule has 0 fully saturated rings. The highest BCUT2D eigenvalue weighted by Gasteiger charge is 2.24. The lowest BCUT2D eigenvalue weighted by molar-refractivity contribution is -0.124. The van der Waals surface area contributed by atoms with Gasteiger partial charge in [-0.1, -0.05) is 6.92 Å². The molecular formula is C18H26N4O2S. The van der Waals surface area contributed by atoms with Gasteiger partial charge in [0.1, 0.15) is 11.1 Å². The van der Waals surface area contributed by atoms with Gasteiger partial charge in [-0.15, -0.1) is 11.3 Å². The number of rotatable bonds is 6. The minimum absolute atomic E-state index is 0.102. The van der Waals surface area contributed by atoms with Crippen LogP contribution in [0.1, 0.15) is 50.1 Å². The van der Waals surface area contributed by atoms with Crippen LogP contribution in [0.3, 0.4) is 0 Å². The molecule has 0 spiro atoms. The van der Waals surface area contributed by atoms with Gasteiger partial charge in [-0.3, -0.25) is 14.5 Å². The quantitative estimate of drug-likeness (QED) is 0.813. The van der Waals surface area contributed by atoms with E-state index >= 15 is 0 Å². The van der Waals surface area contributed by atoms with Gasteiger partial charge in [0.15, 0.2) is 0 Å². The van der Waals surface area contributed by atoms with E-state index < -0.39 is 0 Å². The standard InChI is InChI=1S/C18H26N4O2S/c1-5-22(11-16(24)21-18(2,3)4)10-15(23)20-17-13(9-19)12-7-6-8-14(12)25-17/h5-8,10-11H2,1-4H3,(H,20,23)(H,21,24). The molecule has 0 aliphatic heterocycles. The van der Waals surface area contributed by atoms with E-state index in [-0.39, 0.29) is 30.4 Å². The van der Waals surface area contributed by atoms with E-state index in [1.165, 1.54) is 16.2 Å². The molecule has 1 aliphatic rings. The molecule has 0 saturated carbocycles. The van der Waals surface area contributed by atoms with Crippen LogP contribution in [0.2, 0.25) is 0 Å². The summed E-state index contributed by atoms with van der Waals surface area (Å²) in [6.45, 7) is 8.58. The van der Waals surface area contributed by atoms with Crippen molar-refractivity contribution in [2.45, 2.75) is 52.5 Å². The van der Waals surface area contributed by atoms with Crippen molar-refractivity contribution in [1.29, 1.82) is 5.26 Å². The zero-order chi connectivity index (χ0) is 18.6. The minimum atomic E-state index is -0.294. The number of fused-ring (bicyclic) bond motifs is 1. The van der Waals surface area contributed by atoms with Gasteiger partial charge in [0, 0.05) is 10.4 Å². The molecule has 7 heteroatoms. The number of nitrogens with one attached hydrogen (secondary N) is 2. The average molecular weight is 362 g/mol. The van der Waals surface area contributed by atoms with Gasteiger partial charge < -0.3 is 10.6 Å². The summed E-state index contributed by atoms with van der Waals surface area (Å²) in [6.07, 6.45) is 2.98. The molecule has 0 saturated heterocycles. The zero-order valence-corrected chi connectivity index (χ0v) is 16.2. The number of hydrogen-bond donors (Lipinski definition) is 2. The van der Waals surface area contributed by atoms with Crippen LogP contribution in [0, 0.1) is 11.3 Å². The van der Waals surface area contributed by atoms with Crippen molar-refractivity contribution < 1.29 is 9.59 Å². The Morgan fingerprint density at radius 3 is 2.52 bits per heavy atom. The second-order valence-corrected chi connectivity index (χ2v) is 8.43. The number of carbonyl (C=O) groups is 2. The molecule has 2 N–H and O–H groups in total. The number of nitrogens with zero attached hydrogens (tertiary/aromatic N) is 2. The van der Waals surface area contributed by atoms with Crippen molar-refractivity contribution in [3.8, 4) is 6.07 Å². The molecule has 136 valence electrons. The molecule has 6 nitrogen and oxygen atoms in total. The van der Waals surface area contributed by atoms with E-state index in [9.17, 15) is 14.9 Å². The Labute approximate surface area is 153 Å². The fourth-order valence-electron chi connectivity index (χ4n) is 2.92. The molecule has 0 radical (unpaired) electrons. The largest absolute Gasteiger partial charge is 0.350 e. The van der Waals surface area contributed by atoms with Gasteiger partial charge in [0.25, 0.3) is 0 Å². The molecule has 1 aromatic heterocycles. The molecule has 0 atom stereocenters. The topological polar surface area (TPSA) is 85.2 Å². The summed E-state index contributed by atoms with van der Waals surface area (Å²) in [5.41, 5.74) is 1.41. The molecule has 0 bridgehead atoms. The van der Waals surface area contributed by atoms with Gasteiger partial charge in [-0.2, -0.15) is 5.26 Å². The molecule has 0 aromatic carbocycles. The SMILES string of the molecule is CCN(CC(=O)Nc1sc2c(c1C#N)CCC2)CC(=O)NC(C)(C)C. The van der Waals surface area contributed by atoms with Crippen molar-refractivity contribution >= 4 is 28.2 Å². The second kappa shape index (κ2) is 7.98. The van der Waals surface area contributed by atoms with Crippen molar-refractivity contribution in [2.24, 2.45) is 0 Å². The second-order valence-electron chi connectivity index (χ2n) is 7.32. The van der Waals surface area contributed by atoms with E-state index in [0.29, 0.717) is 17.1 Å². The summed E-state index contributed by atoms with van der Waals surface area (Å²) in [6, 6.07) is 2.22. The number of thiophene rings is 1. The summed E-state index contributed by atoms with van der Waals surface area (Å²) in [5, 5.41) is 15.8. The lowest BCUT2D eigenvalue weighted by Gasteiger charge is -2.24. The Morgan fingerprint density at radius 1 is 1.24 bits per heavy atom. The highest BCUT2D eigenvalue weighted by atomic mass is 32.1. The first-order valence-electron chi connectivity index (χ1n) is 8.61. The maximum atomic E-state index is 12.4. The molecular weight excluding hydrogens is 336 g/mol. The summed E-state index contributed by atoms with van der Waals surface area (Å²) < 4.78 is 0. The molecule has 1 aliphatic carbocycles. The predicted molar refractivity (Wildman–Crippen MR) is 99.7 cm³/mol. The van der Waals surface area contributed by atoms with Crippen LogP contribution in [-0.4, -0.2) is 41.9 Å². The average Bonchev–Trinajstić information content (AvgIpc) is 3.04. The monoisotopic (exact) mass is 362 g/mol. The van der Waals surface area contributed by atoms with Crippen LogP contribution in [-0.2, 0) is 22.4 Å². The molecule has 1 aromatic rings. The lowest BCUT2D eigenvalue weighted by atomic mass is 10.1. The van der Waals surface area contributed by atoms with Crippen molar-refractivity contribution in [3.63, 3.8) is 0 Å². The van der Waals surface area contributed by atoms with E-state index in [2.05, 4.69) is 16.7 Å². The summed E-state index contributed by atoms with van der Waals surface area (Å²) in [5.74, 6) is -0.295. The third kappa shape index (κ3) is 5.28. The maximum absolute atomic E-state index is 12.4. The van der Waals surface area contributed by atoms with Crippen LogP contribution in [0.5, 0.6) is 0 Å². The summed E-state index contributed by atoms with van der Waals surface area (Å²) in [7, 11) is 0. The number of anilines is 1. The van der Waals surface area contributed by atoms with Crippen molar-refractivity contribution in [2.75, 3.05) is 25.0 Å². The number of amides is 2. The number of likely N-dealkylation sites (N-methyl/N-ethyl adjacent to an activating group) is 1. The van der Waals surface area contributed by atoms with Gasteiger partial charge >= 0.3 is 0 Å². The van der Waals surface area contributed by atoms with Gasteiger partial charge in [-0.25, -0.2) is 0 Å². The summed E-state index contributed by atoms with van der Waals surface area (Å²) >= 11 is 1.51. The Hall–Kier alpha value is -1.91. The molecule has 2 rings (SSSR count). The fourth-order valence-corrected chi connectivity index (χ4v) is 4.18. The van der Waals surface area contributed by atoms with Crippen molar-refractivity contribution in [1.82, 2.24) is 10.2 Å². The highest BCUT2D eigenvalue weighted by Crippen LogP contribution is 2.38. The first kappa shape index (κ1) is 19.4. The fraction of sp³-hybridized carbons (Fsp3) is 0.611. The number of nitriles is 1.